The molecule has 0 fully saturated rings. The maximum Gasteiger partial charge on any atom is 0.331 e. The van der Waals surface area contributed by atoms with Crippen molar-refractivity contribution in [3.05, 3.63) is 24.3 Å². The first-order valence-corrected chi connectivity index (χ1v) is 24.1. The minimum absolute atomic E-state index is 0. The molecule has 12 nitrogen and oxygen atoms in total. The van der Waals surface area contributed by atoms with E-state index in [2.05, 4.69) is 48.0 Å². The highest BCUT2D eigenvalue weighted by Gasteiger charge is 2.26. The molecular formula is C38H88Cl6N6O6P2. The molecule has 2 unspecified atom stereocenters. The van der Waals surface area contributed by atoms with Crippen LogP contribution >= 0.6 is 89.6 Å². The van der Waals surface area contributed by atoms with Gasteiger partial charge in [-0.25, -0.2) is 0 Å². The van der Waals surface area contributed by atoms with E-state index in [1.54, 1.807) is 0 Å². The maximum absolute atomic E-state index is 13.7. The lowest BCUT2D eigenvalue weighted by Gasteiger charge is -2.25. The molecule has 0 saturated heterocycles. The van der Waals surface area contributed by atoms with Crippen molar-refractivity contribution in [2.45, 2.75) is 117 Å². The Balaban J connectivity index is -0.000000867. The smallest absolute Gasteiger partial charge is 0.330 e. The van der Waals surface area contributed by atoms with Crippen molar-refractivity contribution in [3.63, 3.8) is 0 Å². The number of rotatable bonds is 41. The predicted octanol–water partition coefficient (Wildman–Crippen LogP) is 9.80. The summed E-state index contributed by atoms with van der Waals surface area (Å²) in [6, 6.07) is 0. The molecule has 58 heavy (non-hydrogen) atoms. The summed E-state index contributed by atoms with van der Waals surface area (Å²) in [6.45, 7) is 13.1. The van der Waals surface area contributed by atoms with Crippen LogP contribution in [0, 0.1) is 0 Å². The monoisotopic (exact) mass is 996 g/mol. The Morgan fingerprint density at radius 1 is 0.397 bits per heavy atom. The molecule has 0 aliphatic carbocycles. The van der Waals surface area contributed by atoms with Crippen molar-refractivity contribution in [1.82, 2.24) is 9.80 Å². The van der Waals surface area contributed by atoms with Gasteiger partial charge in [0.25, 0.3) is 0 Å². The van der Waals surface area contributed by atoms with E-state index < -0.39 is 15.2 Å². The maximum atomic E-state index is 13.7. The quantitative estimate of drug-likeness (QED) is 0.0259. The second-order valence-corrected chi connectivity index (χ2v) is 17.8. The van der Waals surface area contributed by atoms with Gasteiger partial charge >= 0.3 is 15.2 Å². The third-order valence-corrected chi connectivity index (χ3v) is 12.4. The summed E-state index contributed by atoms with van der Waals surface area (Å²) in [5.74, 6) is 0. The molecule has 0 aliphatic heterocycles. The van der Waals surface area contributed by atoms with E-state index in [4.69, 9.17) is 41.0 Å². The zero-order valence-electron chi connectivity index (χ0n) is 35.9. The lowest BCUT2D eigenvalue weighted by Crippen LogP contribution is -2.31. The molecule has 20 heteroatoms. The zero-order valence-corrected chi connectivity index (χ0v) is 42.6. The van der Waals surface area contributed by atoms with E-state index in [0.717, 1.165) is 129 Å². The molecule has 358 valence electrons. The first-order chi connectivity index (χ1) is 25.3. The molecule has 8 N–H and O–H groups in total. The summed E-state index contributed by atoms with van der Waals surface area (Å²) >= 11 is 0. The van der Waals surface area contributed by atoms with Crippen LogP contribution in [0.1, 0.15) is 117 Å². The van der Waals surface area contributed by atoms with Crippen LogP contribution in [0.2, 0.25) is 0 Å². The minimum atomic E-state index is -3.23. The number of allylic oxidation sites excluding steroid dienone is 2. The molecule has 0 aliphatic rings. The molecule has 0 spiro atoms. The van der Waals surface area contributed by atoms with Crippen LogP contribution in [0.4, 0.5) is 0 Å². The SMILES string of the molecule is CCC/C=C\CCOP(=O)(CCN(CCCN)CCCN)OCCCCCCCCOP(=O)(CCN(CCCN)CCCN)OCC/C=C\CCC.Cl.Cl.Cl.Cl.Cl.Cl. The fourth-order valence-corrected chi connectivity index (χ4v) is 8.74. The zero-order chi connectivity index (χ0) is 38.4. The van der Waals surface area contributed by atoms with E-state index in [0.29, 0.717) is 78.0 Å². The van der Waals surface area contributed by atoms with Gasteiger partial charge in [0.2, 0.25) is 0 Å². The van der Waals surface area contributed by atoms with Gasteiger partial charge in [0, 0.05) is 13.1 Å². The standard InChI is InChI=1S/C38H82N6O6P2.6ClH/c1-3-5-7-11-15-33-47-51(45,37-31-43(27-19-23-39)28-20-24-40)49-35-17-13-9-10-14-18-36-50-52(46,48-34-16-12-8-6-4-2)38-32-44(29-21-25-41)30-22-26-42;;;;;;/h7-8,11-12H,3-6,9-10,13-42H2,1-2H3;6*1H/b11-7-,12-8-;;;;;;. The Hall–Kier alpha value is 1.28. The van der Waals surface area contributed by atoms with Gasteiger partial charge in [-0.2, -0.15) is 0 Å². The van der Waals surface area contributed by atoms with Gasteiger partial charge in [0.15, 0.2) is 0 Å². The Morgan fingerprint density at radius 3 is 0.966 bits per heavy atom. The Kier molecular flexibility index (Phi) is 69.1. The minimum Gasteiger partial charge on any atom is -0.330 e. The highest BCUT2D eigenvalue weighted by molar-refractivity contribution is 7.54. The summed E-state index contributed by atoms with van der Waals surface area (Å²) in [4.78, 5) is 4.53. The van der Waals surface area contributed by atoms with Gasteiger partial charge in [0.05, 0.1) is 38.8 Å². The highest BCUT2D eigenvalue weighted by Crippen LogP contribution is 2.49. The Bertz CT molecular complexity index is 872. The number of nitrogens with zero attached hydrogens (tertiary/aromatic N) is 2. The first kappa shape index (κ1) is 73.7. The number of hydrogen-bond donors (Lipinski definition) is 4. The molecular weight excluding hydrogens is 911 g/mol. The molecule has 0 aromatic carbocycles. The third kappa shape index (κ3) is 46.8. The van der Waals surface area contributed by atoms with Crippen molar-refractivity contribution in [3.8, 4) is 0 Å². The summed E-state index contributed by atoms with van der Waals surface area (Å²) in [6.07, 6.45) is 24.2. The lowest BCUT2D eigenvalue weighted by atomic mass is 10.1. The fraction of sp³-hybridized carbons (Fsp3) is 0.895. The van der Waals surface area contributed by atoms with Crippen LogP contribution < -0.4 is 22.9 Å². The summed E-state index contributed by atoms with van der Waals surface area (Å²) in [5.41, 5.74) is 23.0. The van der Waals surface area contributed by atoms with E-state index in [1.165, 1.54) is 0 Å². The van der Waals surface area contributed by atoms with Gasteiger partial charge in [-0.3, -0.25) is 9.13 Å². The largest absolute Gasteiger partial charge is 0.331 e. The van der Waals surface area contributed by atoms with E-state index >= 15 is 0 Å². The molecule has 0 aromatic rings. The number of unbranched alkanes of at least 4 members (excludes halogenated alkanes) is 7. The summed E-state index contributed by atoms with van der Waals surface area (Å²) in [7, 11) is -6.46. The first-order valence-electron chi connectivity index (χ1n) is 20.6. The van der Waals surface area contributed by atoms with Crippen LogP contribution in [0.15, 0.2) is 24.3 Å². The van der Waals surface area contributed by atoms with Crippen molar-refractivity contribution >= 4 is 89.6 Å². The molecule has 0 rings (SSSR count). The number of nitrogens with two attached hydrogens (primary N) is 4. The number of halogens is 6. The predicted molar refractivity (Wildman–Crippen MR) is 265 cm³/mol. The van der Waals surface area contributed by atoms with E-state index in [-0.39, 0.29) is 74.4 Å². The van der Waals surface area contributed by atoms with Crippen LogP contribution in [0.5, 0.6) is 0 Å². The molecule has 0 saturated carbocycles. The topological polar surface area (TPSA) is 182 Å². The van der Waals surface area contributed by atoms with Crippen molar-refractivity contribution in [1.29, 1.82) is 0 Å². The average Bonchev–Trinajstić information content (AvgIpc) is 3.14. The van der Waals surface area contributed by atoms with Crippen LogP contribution in [0.25, 0.3) is 0 Å². The van der Waals surface area contributed by atoms with Crippen LogP contribution in [-0.2, 0) is 27.2 Å². The van der Waals surface area contributed by atoms with Gasteiger partial charge in [0.1, 0.15) is 0 Å². The van der Waals surface area contributed by atoms with Crippen molar-refractivity contribution < 1.29 is 27.2 Å². The molecule has 0 radical (unpaired) electrons. The molecule has 0 amide bonds. The lowest BCUT2D eigenvalue weighted by molar-refractivity contribution is 0.194. The van der Waals surface area contributed by atoms with E-state index in [1.807, 2.05) is 0 Å². The van der Waals surface area contributed by atoms with Crippen molar-refractivity contribution in [2.75, 3.05) is 104 Å². The van der Waals surface area contributed by atoms with Crippen LogP contribution in [-0.4, -0.2) is 114 Å². The van der Waals surface area contributed by atoms with Gasteiger partial charge in [-0.15, -0.1) is 74.4 Å². The van der Waals surface area contributed by atoms with E-state index in [9.17, 15) is 9.13 Å². The molecule has 0 bridgehead atoms. The third-order valence-electron chi connectivity index (χ3n) is 8.60. The highest BCUT2D eigenvalue weighted by atomic mass is 35.5. The second kappa shape index (κ2) is 54.4. The molecule has 0 heterocycles. The second-order valence-electron chi connectivity index (χ2n) is 13.5. The Labute approximate surface area is 392 Å². The normalized spacial score (nSPS) is 13.2. The average molecular weight is 1000 g/mol. The number of hydrogen-bond acceptors (Lipinski definition) is 12. The van der Waals surface area contributed by atoms with Gasteiger partial charge < -0.3 is 50.8 Å². The Morgan fingerprint density at radius 2 is 0.672 bits per heavy atom. The van der Waals surface area contributed by atoms with Crippen LogP contribution in [0.3, 0.4) is 0 Å². The van der Waals surface area contributed by atoms with Crippen molar-refractivity contribution in [2.24, 2.45) is 22.9 Å². The van der Waals surface area contributed by atoms with Gasteiger partial charge in [-0.1, -0.05) is 76.7 Å². The molecule has 0 aromatic heterocycles. The summed E-state index contributed by atoms with van der Waals surface area (Å²) < 4.78 is 51.3. The summed E-state index contributed by atoms with van der Waals surface area (Å²) in [5, 5.41) is 0. The fourth-order valence-electron chi connectivity index (χ4n) is 5.43. The van der Waals surface area contributed by atoms with Gasteiger partial charge in [-0.05, 0) is 117 Å². The molecule has 2 atom stereocenters.